The quantitative estimate of drug-likeness (QED) is 0.897. The molecule has 0 amide bonds. The van der Waals surface area contributed by atoms with Crippen LogP contribution in [0.4, 0.5) is 5.82 Å². The standard InChI is InChI=1S/C16H27N3O/c1-5-17-11-15-12(2)10-13(3)18-16(15)19-8-6-14(20-4)7-9-19/h10,14,17H,5-9,11H2,1-4H3. The maximum absolute atomic E-state index is 5.46. The van der Waals surface area contributed by atoms with Crippen LogP contribution in [0.3, 0.4) is 0 Å². The Bertz CT molecular complexity index is 440. The van der Waals surface area contributed by atoms with Gasteiger partial charge >= 0.3 is 0 Å². The molecule has 0 radical (unpaired) electrons. The number of nitrogens with zero attached hydrogens (tertiary/aromatic N) is 2. The Hall–Kier alpha value is -1.13. The number of methoxy groups -OCH3 is 1. The van der Waals surface area contributed by atoms with Gasteiger partial charge in [-0.05, 0) is 44.9 Å². The van der Waals surface area contributed by atoms with Crippen LogP contribution in [0.15, 0.2) is 6.07 Å². The van der Waals surface area contributed by atoms with E-state index in [1.807, 2.05) is 7.11 Å². The first-order valence-electron chi connectivity index (χ1n) is 7.61. The second-order valence-electron chi connectivity index (χ2n) is 5.59. The number of hydrogen-bond donors (Lipinski definition) is 1. The summed E-state index contributed by atoms with van der Waals surface area (Å²) in [6.07, 6.45) is 2.59. The molecule has 1 saturated heterocycles. The van der Waals surface area contributed by atoms with Gasteiger partial charge in [0.1, 0.15) is 5.82 Å². The van der Waals surface area contributed by atoms with Crippen molar-refractivity contribution in [1.82, 2.24) is 10.3 Å². The predicted molar refractivity (Wildman–Crippen MR) is 83.3 cm³/mol. The normalized spacial score (nSPS) is 16.7. The van der Waals surface area contributed by atoms with E-state index in [-0.39, 0.29) is 0 Å². The first kappa shape index (κ1) is 15.3. The van der Waals surface area contributed by atoms with Crippen molar-refractivity contribution in [3.8, 4) is 0 Å². The van der Waals surface area contributed by atoms with E-state index in [1.54, 1.807) is 0 Å². The average Bonchev–Trinajstić information content (AvgIpc) is 2.46. The lowest BCUT2D eigenvalue weighted by Crippen LogP contribution is -2.38. The molecular formula is C16H27N3O. The van der Waals surface area contributed by atoms with E-state index in [2.05, 4.69) is 37.1 Å². The van der Waals surface area contributed by atoms with Crippen LogP contribution in [-0.2, 0) is 11.3 Å². The van der Waals surface area contributed by atoms with Gasteiger partial charge in [0.25, 0.3) is 0 Å². The van der Waals surface area contributed by atoms with Crippen LogP contribution < -0.4 is 10.2 Å². The van der Waals surface area contributed by atoms with Crippen LogP contribution in [0, 0.1) is 13.8 Å². The summed E-state index contributed by atoms with van der Waals surface area (Å²) in [5.41, 5.74) is 3.78. The Morgan fingerprint density at radius 1 is 1.35 bits per heavy atom. The minimum atomic E-state index is 0.411. The van der Waals surface area contributed by atoms with E-state index in [4.69, 9.17) is 9.72 Å². The van der Waals surface area contributed by atoms with Crippen molar-refractivity contribution in [2.24, 2.45) is 0 Å². The van der Waals surface area contributed by atoms with E-state index in [9.17, 15) is 0 Å². The summed E-state index contributed by atoms with van der Waals surface area (Å²) in [6.45, 7) is 10.4. The third-order valence-corrected chi connectivity index (χ3v) is 4.08. The largest absolute Gasteiger partial charge is 0.381 e. The molecule has 0 bridgehead atoms. The second kappa shape index (κ2) is 7.04. The van der Waals surface area contributed by atoms with Gasteiger partial charge in [0.2, 0.25) is 0 Å². The molecular weight excluding hydrogens is 250 g/mol. The van der Waals surface area contributed by atoms with Crippen LogP contribution in [-0.4, -0.2) is 37.8 Å². The molecule has 1 aliphatic rings. The van der Waals surface area contributed by atoms with Gasteiger partial charge in [0, 0.05) is 38.0 Å². The summed E-state index contributed by atoms with van der Waals surface area (Å²) < 4.78 is 5.46. The highest BCUT2D eigenvalue weighted by Gasteiger charge is 2.22. The summed E-state index contributed by atoms with van der Waals surface area (Å²) in [7, 11) is 1.81. The Balaban J connectivity index is 2.21. The number of hydrogen-bond acceptors (Lipinski definition) is 4. The van der Waals surface area contributed by atoms with Crippen molar-refractivity contribution in [2.45, 2.75) is 46.3 Å². The molecule has 0 unspecified atom stereocenters. The van der Waals surface area contributed by atoms with E-state index in [0.717, 1.165) is 50.5 Å². The molecule has 0 aromatic carbocycles. The van der Waals surface area contributed by atoms with E-state index < -0.39 is 0 Å². The fraction of sp³-hybridized carbons (Fsp3) is 0.688. The molecule has 0 atom stereocenters. The van der Waals surface area contributed by atoms with Crippen LogP contribution >= 0.6 is 0 Å². The Morgan fingerprint density at radius 2 is 2.05 bits per heavy atom. The zero-order valence-electron chi connectivity index (χ0n) is 13.2. The number of ether oxygens (including phenoxy) is 1. The fourth-order valence-corrected chi connectivity index (χ4v) is 2.88. The number of anilines is 1. The molecule has 1 aliphatic heterocycles. The van der Waals surface area contributed by atoms with Crippen LogP contribution in [0.1, 0.15) is 36.6 Å². The molecule has 2 heterocycles. The zero-order chi connectivity index (χ0) is 14.5. The molecule has 4 heteroatoms. The summed E-state index contributed by atoms with van der Waals surface area (Å²) in [6, 6.07) is 2.18. The van der Waals surface area contributed by atoms with Gasteiger partial charge in [0.15, 0.2) is 0 Å². The lowest BCUT2D eigenvalue weighted by molar-refractivity contribution is 0.0817. The topological polar surface area (TPSA) is 37.4 Å². The summed E-state index contributed by atoms with van der Waals surface area (Å²) in [4.78, 5) is 7.23. The maximum Gasteiger partial charge on any atom is 0.133 e. The highest BCUT2D eigenvalue weighted by atomic mass is 16.5. The predicted octanol–water partition coefficient (Wildman–Crippen LogP) is 2.42. The second-order valence-corrected chi connectivity index (χ2v) is 5.59. The molecule has 1 aromatic heterocycles. The number of rotatable bonds is 5. The van der Waals surface area contributed by atoms with Gasteiger partial charge in [-0.2, -0.15) is 0 Å². The SMILES string of the molecule is CCNCc1c(C)cc(C)nc1N1CCC(OC)CC1. The first-order valence-corrected chi connectivity index (χ1v) is 7.61. The molecule has 1 fully saturated rings. The molecule has 0 spiro atoms. The number of pyridine rings is 1. The van der Waals surface area contributed by atoms with Crippen molar-refractivity contribution >= 4 is 5.82 Å². The van der Waals surface area contributed by atoms with Crippen molar-refractivity contribution in [2.75, 3.05) is 31.6 Å². The first-order chi connectivity index (χ1) is 9.65. The van der Waals surface area contributed by atoms with Gasteiger partial charge in [0.05, 0.1) is 6.10 Å². The summed E-state index contributed by atoms with van der Waals surface area (Å²) >= 11 is 0. The van der Waals surface area contributed by atoms with Crippen molar-refractivity contribution in [3.63, 3.8) is 0 Å². The zero-order valence-corrected chi connectivity index (χ0v) is 13.2. The Kier molecular flexibility index (Phi) is 5.38. The molecule has 2 rings (SSSR count). The van der Waals surface area contributed by atoms with Crippen LogP contribution in [0.2, 0.25) is 0 Å². The van der Waals surface area contributed by atoms with Crippen molar-refractivity contribution < 1.29 is 4.74 Å². The molecule has 1 N–H and O–H groups in total. The van der Waals surface area contributed by atoms with Gasteiger partial charge in [-0.15, -0.1) is 0 Å². The Labute approximate surface area is 122 Å². The molecule has 1 aromatic rings. The maximum atomic E-state index is 5.46. The van der Waals surface area contributed by atoms with E-state index in [1.165, 1.54) is 11.1 Å². The van der Waals surface area contributed by atoms with E-state index in [0.29, 0.717) is 6.10 Å². The summed E-state index contributed by atoms with van der Waals surface area (Å²) in [5.74, 6) is 1.16. The smallest absolute Gasteiger partial charge is 0.133 e. The Morgan fingerprint density at radius 3 is 2.65 bits per heavy atom. The van der Waals surface area contributed by atoms with Crippen LogP contribution in [0.5, 0.6) is 0 Å². The highest BCUT2D eigenvalue weighted by Crippen LogP contribution is 2.26. The lowest BCUT2D eigenvalue weighted by atomic mass is 10.0. The van der Waals surface area contributed by atoms with Gasteiger partial charge in [-0.25, -0.2) is 4.98 Å². The number of aromatic nitrogens is 1. The third-order valence-electron chi connectivity index (χ3n) is 4.08. The number of aryl methyl sites for hydroxylation is 2. The van der Waals surface area contributed by atoms with Gasteiger partial charge in [-0.3, -0.25) is 0 Å². The van der Waals surface area contributed by atoms with Crippen LogP contribution in [0.25, 0.3) is 0 Å². The van der Waals surface area contributed by atoms with Crippen molar-refractivity contribution in [3.05, 3.63) is 22.9 Å². The average molecular weight is 277 g/mol. The van der Waals surface area contributed by atoms with Crippen molar-refractivity contribution in [1.29, 1.82) is 0 Å². The monoisotopic (exact) mass is 277 g/mol. The molecule has 112 valence electrons. The third kappa shape index (κ3) is 3.49. The lowest BCUT2D eigenvalue weighted by Gasteiger charge is -2.34. The number of piperidine rings is 1. The molecule has 0 saturated carbocycles. The summed E-state index contributed by atoms with van der Waals surface area (Å²) in [5, 5.41) is 3.43. The molecule has 20 heavy (non-hydrogen) atoms. The molecule has 4 nitrogen and oxygen atoms in total. The minimum Gasteiger partial charge on any atom is -0.381 e. The minimum absolute atomic E-state index is 0.411. The number of nitrogens with one attached hydrogen (secondary N) is 1. The molecule has 0 aliphatic carbocycles. The fourth-order valence-electron chi connectivity index (χ4n) is 2.88. The van der Waals surface area contributed by atoms with E-state index >= 15 is 0 Å². The highest BCUT2D eigenvalue weighted by molar-refractivity contribution is 5.52. The van der Waals surface area contributed by atoms with Gasteiger partial charge in [-0.1, -0.05) is 6.92 Å². The van der Waals surface area contributed by atoms with Gasteiger partial charge < -0.3 is 15.0 Å².